The number of aryl methyl sites for hydroxylation is 1. The average Bonchev–Trinajstić information content (AvgIpc) is 3.08. The molecule has 3 heterocycles. The van der Waals surface area contributed by atoms with Crippen molar-refractivity contribution in [1.82, 2.24) is 19.7 Å². The fourth-order valence-corrected chi connectivity index (χ4v) is 3.22. The number of carbonyl (C=O) groups is 2. The van der Waals surface area contributed by atoms with Gasteiger partial charge < -0.3 is 10.0 Å². The van der Waals surface area contributed by atoms with Crippen LogP contribution in [0.25, 0.3) is 0 Å². The highest BCUT2D eigenvalue weighted by molar-refractivity contribution is 5.76. The summed E-state index contributed by atoms with van der Waals surface area (Å²) in [4.78, 5) is 29.2. The number of carboxylic acid groups (broad SMARTS) is 1. The third kappa shape index (κ3) is 4.65. The fourth-order valence-electron chi connectivity index (χ4n) is 3.22. The molecule has 1 amide bonds. The van der Waals surface area contributed by atoms with E-state index in [2.05, 4.69) is 10.1 Å². The molecule has 0 aliphatic carbocycles. The van der Waals surface area contributed by atoms with E-state index in [4.69, 9.17) is 5.11 Å². The molecule has 1 saturated heterocycles. The van der Waals surface area contributed by atoms with E-state index < -0.39 is 5.97 Å². The van der Waals surface area contributed by atoms with E-state index in [0.29, 0.717) is 19.4 Å². The van der Waals surface area contributed by atoms with Gasteiger partial charge in [-0.15, -0.1) is 0 Å². The molecule has 0 saturated carbocycles. The second-order valence-electron chi connectivity index (χ2n) is 6.37. The predicted molar refractivity (Wildman–Crippen MR) is 91.0 cm³/mol. The smallest absolute Gasteiger partial charge is 0.325 e. The van der Waals surface area contributed by atoms with Crippen molar-refractivity contribution < 1.29 is 14.7 Å². The van der Waals surface area contributed by atoms with E-state index >= 15 is 0 Å². The minimum Gasteiger partial charge on any atom is -0.480 e. The molecule has 7 heteroatoms. The Hall–Kier alpha value is -2.70. The van der Waals surface area contributed by atoms with Crippen LogP contribution in [0.3, 0.4) is 0 Å². The molecule has 0 spiro atoms. The number of pyridine rings is 1. The summed E-state index contributed by atoms with van der Waals surface area (Å²) in [7, 11) is 0. The van der Waals surface area contributed by atoms with Crippen LogP contribution < -0.4 is 0 Å². The van der Waals surface area contributed by atoms with Gasteiger partial charge in [0.1, 0.15) is 6.54 Å². The summed E-state index contributed by atoms with van der Waals surface area (Å²) in [6.45, 7) is 1.29. The standard InChI is InChI=1S/C18H22N4O3/c23-17(6-5-14-3-1-8-19-11-14)21-9-2-4-15(12-21)16-7-10-22(20-16)13-18(24)25/h1,3,7-8,10-11,15H,2,4-6,9,12-13H2,(H,24,25)/t15-/m0/s1. The van der Waals surface area contributed by atoms with Gasteiger partial charge in [-0.05, 0) is 37.0 Å². The Morgan fingerprint density at radius 2 is 2.20 bits per heavy atom. The summed E-state index contributed by atoms with van der Waals surface area (Å²) < 4.78 is 1.43. The van der Waals surface area contributed by atoms with E-state index in [9.17, 15) is 9.59 Å². The minimum atomic E-state index is -0.912. The van der Waals surface area contributed by atoms with Crippen molar-refractivity contribution >= 4 is 11.9 Å². The molecule has 1 fully saturated rings. The summed E-state index contributed by atoms with van der Waals surface area (Å²) in [6.07, 6.45) is 8.29. The topological polar surface area (TPSA) is 88.3 Å². The molecule has 1 atom stereocenters. The summed E-state index contributed by atoms with van der Waals surface area (Å²) in [5.74, 6) is -0.588. The lowest BCUT2D eigenvalue weighted by Gasteiger charge is -2.32. The Balaban J connectivity index is 1.56. The highest BCUT2D eigenvalue weighted by atomic mass is 16.4. The Labute approximate surface area is 146 Å². The zero-order chi connectivity index (χ0) is 17.6. The molecule has 1 aliphatic rings. The van der Waals surface area contributed by atoms with Gasteiger partial charge in [-0.2, -0.15) is 5.10 Å². The number of aromatic nitrogens is 3. The van der Waals surface area contributed by atoms with Gasteiger partial charge in [-0.25, -0.2) is 0 Å². The zero-order valence-corrected chi connectivity index (χ0v) is 14.0. The molecule has 2 aromatic heterocycles. The maximum absolute atomic E-state index is 12.5. The number of carbonyl (C=O) groups excluding carboxylic acids is 1. The van der Waals surface area contributed by atoms with Crippen LogP contribution in [0.2, 0.25) is 0 Å². The van der Waals surface area contributed by atoms with Crippen LogP contribution in [-0.2, 0) is 22.6 Å². The molecular weight excluding hydrogens is 320 g/mol. The lowest BCUT2D eigenvalue weighted by atomic mass is 9.94. The monoisotopic (exact) mass is 342 g/mol. The van der Waals surface area contributed by atoms with E-state index in [-0.39, 0.29) is 18.4 Å². The summed E-state index contributed by atoms with van der Waals surface area (Å²) >= 11 is 0. The molecule has 0 bridgehead atoms. The van der Waals surface area contributed by atoms with Crippen molar-refractivity contribution in [3.8, 4) is 0 Å². The molecule has 0 unspecified atom stereocenters. The number of rotatable bonds is 6. The Kier molecular flexibility index (Phi) is 5.42. The van der Waals surface area contributed by atoms with Crippen molar-refractivity contribution in [1.29, 1.82) is 0 Å². The van der Waals surface area contributed by atoms with Crippen molar-refractivity contribution in [2.75, 3.05) is 13.1 Å². The van der Waals surface area contributed by atoms with Crippen molar-refractivity contribution in [2.24, 2.45) is 0 Å². The number of hydrogen-bond donors (Lipinski definition) is 1. The van der Waals surface area contributed by atoms with Gasteiger partial charge in [-0.3, -0.25) is 19.3 Å². The molecule has 1 N–H and O–H groups in total. The van der Waals surface area contributed by atoms with Gasteiger partial charge in [0.05, 0.1) is 5.69 Å². The first-order chi connectivity index (χ1) is 12.1. The largest absolute Gasteiger partial charge is 0.480 e. The first-order valence-corrected chi connectivity index (χ1v) is 8.53. The summed E-state index contributed by atoms with van der Waals surface area (Å²) in [6, 6.07) is 5.72. The number of nitrogens with zero attached hydrogens (tertiary/aromatic N) is 4. The van der Waals surface area contributed by atoms with Crippen molar-refractivity contribution in [3.05, 3.63) is 48.0 Å². The molecule has 25 heavy (non-hydrogen) atoms. The average molecular weight is 342 g/mol. The molecule has 0 radical (unpaired) electrons. The Morgan fingerprint density at radius 1 is 1.32 bits per heavy atom. The third-order valence-electron chi connectivity index (χ3n) is 4.50. The van der Waals surface area contributed by atoms with Crippen LogP contribution in [0.1, 0.15) is 36.4 Å². The first-order valence-electron chi connectivity index (χ1n) is 8.53. The quantitative estimate of drug-likeness (QED) is 0.863. The SMILES string of the molecule is O=C(O)Cn1ccc([C@H]2CCCN(C(=O)CCc3cccnc3)C2)n1. The minimum absolute atomic E-state index is 0.138. The number of likely N-dealkylation sites (tertiary alicyclic amines) is 1. The lowest BCUT2D eigenvalue weighted by molar-refractivity contribution is -0.138. The van der Waals surface area contributed by atoms with Gasteiger partial charge in [-0.1, -0.05) is 6.07 Å². The number of hydrogen-bond acceptors (Lipinski definition) is 4. The van der Waals surface area contributed by atoms with Gasteiger partial charge >= 0.3 is 5.97 Å². The van der Waals surface area contributed by atoms with Gasteiger partial charge in [0.25, 0.3) is 0 Å². The number of carboxylic acids is 1. The molecular formula is C18H22N4O3. The fraction of sp³-hybridized carbons (Fsp3) is 0.444. The van der Waals surface area contributed by atoms with E-state index in [1.54, 1.807) is 18.6 Å². The second kappa shape index (κ2) is 7.92. The molecule has 3 rings (SSSR count). The normalized spacial score (nSPS) is 17.4. The van der Waals surface area contributed by atoms with E-state index in [1.165, 1.54) is 4.68 Å². The van der Waals surface area contributed by atoms with Crippen LogP contribution in [0.15, 0.2) is 36.8 Å². The molecule has 1 aliphatic heterocycles. The van der Waals surface area contributed by atoms with Crippen LogP contribution in [0.5, 0.6) is 0 Å². The Bertz CT molecular complexity index is 729. The summed E-state index contributed by atoms with van der Waals surface area (Å²) in [5, 5.41) is 13.2. The lowest BCUT2D eigenvalue weighted by Crippen LogP contribution is -2.39. The highest BCUT2D eigenvalue weighted by Gasteiger charge is 2.26. The van der Waals surface area contributed by atoms with Crippen LogP contribution in [0, 0.1) is 0 Å². The molecule has 132 valence electrons. The third-order valence-corrected chi connectivity index (χ3v) is 4.50. The van der Waals surface area contributed by atoms with E-state index in [1.807, 2.05) is 23.1 Å². The van der Waals surface area contributed by atoms with Gasteiger partial charge in [0.2, 0.25) is 5.91 Å². The molecule has 2 aromatic rings. The number of piperidine rings is 1. The van der Waals surface area contributed by atoms with Crippen LogP contribution in [0.4, 0.5) is 0 Å². The number of aliphatic carboxylic acids is 1. The van der Waals surface area contributed by atoms with Crippen molar-refractivity contribution in [2.45, 2.75) is 38.1 Å². The van der Waals surface area contributed by atoms with Crippen LogP contribution >= 0.6 is 0 Å². The highest BCUT2D eigenvalue weighted by Crippen LogP contribution is 2.26. The van der Waals surface area contributed by atoms with Crippen LogP contribution in [-0.4, -0.2) is 49.7 Å². The zero-order valence-electron chi connectivity index (χ0n) is 14.0. The number of amides is 1. The maximum atomic E-state index is 12.5. The van der Waals surface area contributed by atoms with Crippen molar-refractivity contribution in [3.63, 3.8) is 0 Å². The maximum Gasteiger partial charge on any atom is 0.325 e. The summed E-state index contributed by atoms with van der Waals surface area (Å²) in [5.41, 5.74) is 1.93. The Morgan fingerprint density at radius 3 is 2.96 bits per heavy atom. The first kappa shape index (κ1) is 17.1. The van der Waals surface area contributed by atoms with Gasteiger partial charge in [0.15, 0.2) is 0 Å². The van der Waals surface area contributed by atoms with Gasteiger partial charge in [0, 0.05) is 44.0 Å². The molecule has 7 nitrogen and oxygen atoms in total. The predicted octanol–water partition coefficient (Wildman–Crippen LogP) is 1.70. The van der Waals surface area contributed by atoms with E-state index in [0.717, 1.165) is 30.6 Å². The second-order valence-corrected chi connectivity index (χ2v) is 6.37. The molecule has 0 aromatic carbocycles.